The Morgan fingerprint density at radius 3 is 2.12 bits per heavy atom. The van der Waals surface area contributed by atoms with Crippen molar-refractivity contribution in [2.45, 2.75) is 36.3 Å². The average molecular weight is 320 g/mol. The average Bonchev–Trinajstić information content (AvgIpc) is 2.85. The van der Waals surface area contributed by atoms with Gasteiger partial charge in [-0.3, -0.25) is 0 Å². The second kappa shape index (κ2) is 4.61. The summed E-state index contributed by atoms with van der Waals surface area (Å²) in [6.07, 6.45) is 2.32. The molecular formula is C20H20N2O2. The van der Waals surface area contributed by atoms with Crippen LogP contribution in [0.5, 0.6) is 0 Å². The van der Waals surface area contributed by atoms with E-state index >= 15 is 0 Å². The standard InChI is InChI=1S/C20H20N2O2/c21-19-10-20(11-19,12-19)22-18(23)24-9-17-15-7-3-1-5-13(15)14-6-2-4-8-16(14)17/h1-8,17H,9-12,21H2,(H,22,23). The van der Waals surface area contributed by atoms with Crippen LogP contribution in [0, 0.1) is 0 Å². The third kappa shape index (κ3) is 1.93. The van der Waals surface area contributed by atoms with E-state index in [1.54, 1.807) is 0 Å². The van der Waals surface area contributed by atoms with Gasteiger partial charge in [0.2, 0.25) is 0 Å². The number of rotatable bonds is 3. The molecule has 0 aromatic heterocycles. The van der Waals surface area contributed by atoms with Gasteiger partial charge in [0.05, 0.1) is 0 Å². The molecule has 0 aliphatic heterocycles. The third-order valence-electron chi connectivity index (χ3n) is 5.78. The Balaban J connectivity index is 1.31. The first-order valence-electron chi connectivity index (χ1n) is 8.50. The fourth-order valence-electron chi connectivity index (χ4n) is 4.85. The number of benzene rings is 2. The van der Waals surface area contributed by atoms with Crippen LogP contribution in [0.4, 0.5) is 4.79 Å². The Morgan fingerprint density at radius 2 is 1.58 bits per heavy atom. The van der Waals surface area contributed by atoms with Gasteiger partial charge in [-0.1, -0.05) is 48.5 Å². The first-order chi connectivity index (χ1) is 11.6. The zero-order chi connectivity index (χ0) is 16.4. The second-order valence-corrected chi connectivity index (χ2v) is 7.62. The van der Waals surface area contributed by atoms with Gasteiger partial charge in [0, 0.05) is 17.0 Å². The number of alkyl carbamates (subject to hydrolysis) is 1. The van der Waals surface area contributed by atoms with E-state index in [1.165, 1.54) is 22.3 Å². The highest BCUT2D eigenvalue weighted by molar-refractivity contribution is 5.79. The van der Waals surface area contributed by atoms with Crippen LogP contribution < -0.4 is 11.1 Å². The molecule has 0 heterocycles. The van der Waals surface area contributed by atoms with Crippen molar-refractivity contribution >= 4 is 6.09 Å². The molecule has 24 heavy (non-hydrogen) atoms. The van der Waals surface area contributed by atoms with Gasteiger partial charge in [-0.25, -0.2) is 4.79 Å². The summed E-state index contributed by atoms with van der Waals surface area (Å²) in [5, 5.41) is 3.01. The van der Waals surface area contributed by atoms with Crippen molar-refractivity contribution in [1.29, 1.82) is 0 Å². The van der Waals surface area contributed by atoms with E-state index in [0.717, 1.165) is 19.3 Å². The first kappa shape index (κ1) is 14.1. The van der Waals surface area contributed by atoms with Crippen molar-refractivity contribution < 1.29 is 9.53 Å². The Bertz CT molecular complexity index is 780. The van der Waals surface area contributed by atoms with Crippen molar-refractivity contribution in [3.8, 4) is 11.1 Å². The minimum atomic E-state index is -0.321. The Kier molecular flexibility index (Phi) is 2.70. The molecule has 0 radical (unpaired) electrons. The summed E-state index contributed by atoms with van der Waals surface area (Å²) >= 11 is 0. The molecule has 3 saturated carbocycles. The van der Waals surface area contributed by atoms with Gasteiger partial charge in [0.15, 0.2) is 0 Å². The highest BCUT2D eigenvalue weighted by atomic mass is 16.5. The van der Waals surface area contributed by atoms with Gasteiger partial charge in [-0.2, -0.15) is 0 Å². The maximum absolute atomic E-state index is 12.2. The molecule has 2 bridgehead atoms. The minimum absolute atomic E-state index is 0.0172. The largest absolute Gasteiger partial charge is 0.449 e. The zero-order valence-corrected chi connectivity index (χ0v) is 13.4. The number of hydrogen-bond donors (Lipinski definition) is 2. The fraction of sp³-hybridized carbons (Fsp3) is 0.350. The van der Waals surface area contributed by atoms with E-state index in [0.29, 0.717) is 6.61 Å². The van der Waals surface area contributed by atoms with Gasteiger partial charge in [0.25, 0.3) is 0 Å². The number of fused-ring (bicyclic) bond motifs is 3. The first-order valence-corrected chi connectivity index (χ1v) is 8.50. The van der Waals surface area contributed by atoms with Crippen LogP contribution in [-0.2, 0) is 4.74 Å². The lowest BCUT2D eigenvalue weighted by Crippen LogP contribution is -2.82. The number of hydrogen-bond acceptors (Lipinski definition) is 3. The molecular weight excluding hydrogens is 300 g/mol. The normalized spacial score (nSPS) is 29.0. The molecule has 4 aliphatic rings. The van der Waals surface area contributed by atoms with E-state index in [2.05, 4.69) is 41.7 Å². The molecule has 3 fully saturated rings. The lowest BCUT2D eigenvalue weighted by molar-refractivity contribution is -0.0746. The minimum Gasteiger partial charge on any atom is -0.449 e. The summed E-state index contributed by atoms with van der Waals surface area (Å²) in [7, 11) is 0. The maximum Gasteiger partial charge on any atom is 0.407 e. The number of carbonyl (C=O) groups is 1. The summed E-state index contributed by atoms with van der Waals surface area (Å²) in [5.41, 5.74) is 10.9. The van der Waals surface area contributed by atoms with E-state index in [4.69, 9.17) is 10.5 Å². The third-order valence-corrected chi connectivity index (χ3v) is 5.78. The van der Waals surface area contributed by atoms with Gasteiger partial charge < -0.3 is 15.8 Å². The van der Waals surface area contributed by atoms with Crippen LogP contribution in [0.2, 0.25) is 0 Å². The molecule has 4 nitrogen and oxygen atoms in total. The quantitative estimate of drug-likeness (QED) is 0.913. The maximum atomic E-state index is 12.2. The smallest absolute Gasteiger partial charge is 0.407 e. The lowest BCUT2D eigenvalue weighted by Gasteiger charge is -2.68. The molecule has 122 valence electrons. The molecule has 0 atom stereocenters. The van der Waals surface area contributed by atoms with E-state index in [1.807, 2.05) is 12.1 Å². The Labute approximate surface area is 141 Å². The number of ether oxygens (including phenoxy) is 1. The Hall–Kier alpha value is -2.33. The van der Waals surface area contributed by atoms with Crippen molar-refractivity contribution in [1.82, 2.24) is 5.32 Å². The highest BCUT2D eigenvalue weighted by Gasteiger charge is 2.66. The van der Waals surface area contributed by atoms with Crippen LogP contribution in [0.1, 0.15) is 36.3 Å². The van der Waals surface area contributed by atoms with Crippen molar-refractivity contribution in [2.24, 2.45) is 5.73 Å². The molecule has 3 N–H and O–H groups in total. The molecule has 1 amide bonds. The zero-order valence-electron chi connectivity index (χ0n) is 13.4. The SMILES string of the molecule is NC12CC(NC(=O)OCC3c4ccccc4-c4ccccc43)(C1)C2. The molecule has 6 rings (SSSR count). The second-order valence-electron chi connectivity index (χ2n) is 7.62. The van der Waals surface area contributed by atoms with Crippen LogP contribution in [0.25, 0.3) is 11.1 Å². The van der Waals surface area contributed by atoms with Crippen LogP contribution in [-0.4, -0.2) is 23.8 Å². The van der Waals surface area contributed by atoms with Gasteiger partial charge in [0.1, 0.15) is 6.61 Å². The summed E-state index contributed by atoms with van der Waals surface area (Å²) < 4.78 is 5.58. The topological polar surface area (TPSA) is 64.3 Å². The van der Waals surface area contributed by atoms with Crippen molar-refractivity contribution in [3.63, 3.8) is 0 Å². The summed E-state index contributed by atoms with van der Waals surface area (Å²) in [6, 6.07) is 16.7. The number of amides is 1. The van der Waals surface area contributed by atoms with Crippen LogP contribution in [0.15, 0.2) is 48.5 Å². The molecule has 0 saturated heterocycles. The molecule has 2 aromatic rings. The van der Waals surface area contributed by atoms with E-state index in [-0.39, 0.29) is 23.1 Å². The van der Waals surface area contributed by atoms with Gasteiger partial charge >= 0.3 is 6.09 Å². The fourth-order valence-corrected chi connectivity index (χ4v) is 4.85. The number of carbonyl (C=O) groups excluding carboxylic acids is 1. The van der Waals surface area contributed by atoms with Crippen molar-refractivity contribution in [2.75, 3.05) is 6.61 Å². The molecule has 4 heteroatoms. The van der Waals surface area contributed by atoms with Gasteiger partial charge in [-0.05, 0) is 41.5 Å². The predicted octanol–water partition coefficient (Wildman–Crippen LogP) is 3.16. The van der Waals surface area contributed by atoms with Crippen LogP contribution >= 0.6 is 0 Å². The molecule has 4 aliphatic carbocycles. The predicted molar refractivity (Wildman–Crippen MR) is 91.7 cm³/mol. The van der Waals surface area contributed by atoms with E-state index in [9.17, 15) is 4.79 Å². The van der Waals surface area contributed by atoms with Crippen LogP contribution in [0.3, 0.4) is 0 Å². The molecule has 0 unspecified atom stereocenters. The number of nitrogens with one attached hydrogen (secondary N) is 1. The lowest BCUT2D eigenvalue weighted by atomic mass is 9.45. The monoisotopic (exact) mass is 320 g/mol. The number of nitrogens with two attached hydrogens (primary N) is 1. The van der Waals surface area contributed by atoms with Gasteiger partial charge in [-0.15, -0.1) is 0 Å². The summed E-state index contributed by atoms with van der Waals surface area (Å²) in [5.74, 6) is 0.108. The molecule has 0 spiro atoms. The van der Waals surface area contributed by atoms with Crippen molar-refractivity contribution in [3.05, 3.63) is 59.7 Å². The Morgan fingerprint density at radius 1 is 1.04 bits per heavy atom. The molecule has 2 aromatic carbocycles. The van der Waals surface area contributed by atoms with E-state index < -0.39 is 0 Å². The summed E-state index contributed by atoms with van der Waals surface area (Å²) in [6.45, 7) is 0.365. The summed E-state index contributed by atoms with van der Waals surface area (Å²) in [4.78, 5) is 12.2. The highest BCUT2D eigenvalue weighted by Crippen LogP contribution is 2.58.